The first kappa shape index (κ1) is 44.0. The molecular formula is C65H52N4Si2. The molecule has 0 atom stereocenters. The molecule has 0 radical (unpaired) electrons. The van der Waals surface area contributed by atoms with Crippen molar-refractivity contribution >= 4 is 87.9 Å². The number of hydrogen-bond donors (Lipinski definition) is 0. The van der Waals surface area contributed by atoms with Crippen molar-refractivity contribution in [3.05, 3.63) is 245 Å². The third kappa shape index (κ3) is 6.90. The average molecular weight is 945 g/mol. The van der Waals surface area contributed by atoms with Gasteiger partial charge in [0.1, 0.15) is 0 Å². The van der Waals surface area contributed by atoms with Crippen LogP contribution in [-0.2, 0) is 5.41 Å². The largest absolute Gasteiger partial charge is 0.311 e. The molecule has 0 aliphatic heterocycles. The monoisotopic (exact) mass is 944 g/mol. The van der Waals surface area contributed by atoms with E-state index in [1.807, 2.05) is 24.3 Å². The fourth-order valence-corrected chi connectivity index (χ4v) is 13.9. The Morgan fingerprint density at radius 2 is 0.873 bits per heavy atom. The molecule has 71 heavy (non-hydrogen) atoms. The Kier molecular flexibility index (Phi) is 10.2. The van der Waals surface area contributed by atoms with Gasteiger partial charge in [-0.25, -0.2) is 4.85 Å². The second-order valence-corrected chi connectivity index (χ2v) is 31.3. The van der Waals surface area contributed by atoms with Crippen LogP contribution in [0, 0.1) is 17.9 Å². The van der Waals surface area contributed by atoms with E-state index in [1.54, 1.807) is 0 Å². The van der Waals surface area contributed by atoms with Gasteiger partial charge in [-0.05, 0) is 151 Å². The SMILES string of the molecule is [C-]#[N+]c1ccc(N(c2ccc([Si](C)(C)C)cc2)c2ccc3c4c(c5ccccc5c3c2)-c2ccc(N(c3ccc(C#N)cc3)c3ccc([Si](C)(C)C)cc3)cc2C42c3ccccc3-c3ccccc32)cc1. The summed E-state index contributed by atoms with van der Waals surface area (Å²) in [5.74, 6) is 0. The standard InChI is InChI=1S/C65H52N4Si2/c1-67-44-22-26-46(27-23-44)68(47-28-34-51(35-29-47)70(2,3)4)49-32-38-57-59(40-49)53-14-8-9-17-56(53)63-58-39-33-50(69(45-24-20-43(42-66)21-25-45)48-30-36-52(37-31-48)71(5,6)7)41-62(58)65(64(57)63)60-18-12-10-15-54(60)55-16-11-13-19-61(55)65/h8-41H,2-7H3. The van der Waals surface area contributed by atoms with Crippen molar-refractivity contribution in [3.63, 3.8) is 0 Å². The minimum Gasteiger partial charge on any atom is -0.311 e. The van der Waals surface area contributed by atoms with Gasteiger partial charge in [0, 0.05) is 34.1 Å². The van der Waals surface area contributed by atoms with Gasteiger partial charge in [-0.2, -0.15) is 5.26 Å². The van der Waals surface area contributed by atoms with E-state index in [2.05, 4.69) is 242 Å². The molecule has 340 valence electrons. The normalized spacial score (nSPS) is 13.0. The molecule has 4 nitrogen and oxygen atoms in total. The molecule has 1 spiro atoms. The van der Waals surface area contributed by atoms with E-state index >= 15 is 0 Å². The van der Waals surface area contributed by atoms with Gasteiger partial charge in [0.2, 0.25) is 0 Å². The maximum Gasteiger partial charge on any atom is 0.187 e. The van der Waals surface area contributed by atoms with Crippen LogP contribution in [0.3, 0.4) is 0 Å². The molecule has 12 rings (SSSR count). The van der Waals surface area contributed by atoms with Gasteiger partial charge < -0.3 is 9.80 Å². The van der Waals surface area contributed by atoms with Gasteiger partial charge in [0.25, 0.3) is 0 Å². The highest BCUT2D eigenvalue weighted by Crippen LogP contribution is 2.66. The van der Waals surface area contributed by atoms with Gasteiger partial charge >= 0.3 is 0 Å². The van der Waals surface area contributed by atoms with Crippen molar-refractivity contribution in [2.24, 2.45) is 0 Å². The molecule has 0 unspecified atom stereocenters. The summed E-state index contributed by atoms with van der Waals surface area (Å²) in [5, 5.41) is 17.5. The summed E-state index contributed by atoms with van der Waals surface area (Å²) < 4.78 is 0. The Labute approximate surface area is 419 Å². The molecule has 0 bridgehead atoms. The quantitative estimate of drug-likeness (QED) is 0.0865. The molecule has 6 heteroatoms. The van der Waals surface area contributed by atoms with Crippen LogP contribution in [0.1, 0.15) is 27.8 Å². The van der Waals surface area contributed by atoms with Crippen molar-refractivity contribution in [1.82, 2.24) is 0 Å². The molecule has 10 aromatic rings. The molecule has 0 saturated heterocycles. The number of fused-ring (bicyclic) bond motifs is 15. The lowest BCUT2D eigenvalue weighted by Crippen LogP contribution is -2.37. The zero-order valence-corrected chi connectivity index (χ0v) is 42.9. The molecule has 2 aliphatic carbocycles. The van der Waals surface area contributed by atoms with Crippen LogP contribution < -0.4 is 20.2 Å². The number of rotatable bonds is 8. The molecule has 0 saturated carbocycles. The third-order valence-corrected chi connectivity index (χ3v) is 19.1. The summed E-state index contributed by atoms with van der Waals surface area (Å²) in [6, 6.07) is 77.9. The van der Waals surface area contributed by atoms with Crippen molar-refractivity contribution in [3.8, 4) is 28.3 Å². The highest BCUT2D eigenvalue weighted by molar-refractivity contribution is 6.89. The average Bonchev–Trinajstić information content (AvgIpc) is 3.88. The minimum atomic E-state index is -1.57. The Morgan fingerprint density at radius 1 is 0.423 bits per heavy atom. The van der Waals surface area contributed by atoms with Crippen molar-refractivity contribution in [2.75, 3.05) is 9.80 Å². The molecule has 10 aromatic carbocycles. The zero-order valence-electron chi connectivity index (χ0n) is 40.9. The Balaban J connectivity index is 1.14. The van der Waals surface area contributed by atoms with E-state index in [9.17, 15) is 5.26 Å². The summed E-state index contributed by atoms with van der Waals surface area (Å²) in [5.41, 5.74) is 17.0. The summed E-state index contributed by atoms with van der Waals surface area (Å²) in [6.45, 7) is 22.1. The van der Waals surface area contributed by atoms with Crippen molar-refractivity contribution in [1.29, 1.82) is 5.26 Å². The second-order valence-electron chi connectivity index (χ2n) is 21.1. The molecular weight excluding hydrogens is 893 g/mol. The van der Waals surface area contributed by atoms with E-state index in [4.69, 9.17) is 6.57 Å². The first-order valence-corrected chi connectivity index (χ1v) is 31.5. The lowest BCUT2D eigenvalue weighted by molar-refractivity contribution is 0.801. The van der Waals surface area contributed by atoms with Crippen LogP contribution in [0.2, 0.25) is 39.3 Å². The second kappa shape index (κ2) is 16.4. The van der Waals surface area contributed by atoms with Crippen LogP contribution in [0.5, 0.6) is 0 Å². The summed E-state index contributed by atoms with van der Waals surface area (Å²) >= 11 is 0. The van der Waals surface area contributed by atoms with Gasteiger partial charge in [0.15, 0.2) is 5.69 Å². The number of hydrogen-bond acceptors (Lipinski definition) is 3. The van der Waals surface area contributed by atoms with E-state index in [1.165, 1.54) is 76.4 Å². The van der Waals surface area contributed by atoms with Crippen LogP contribution in [-0.4, -0.2) is 16.1 Å². The molecule has 0 heterocycles. The Morgan fingerprint density at radius 3 is 1.39 bits per heavy atom. The zero-order chi connectivity index (χ0) is 48.8. The maximum absolute atomic E-state index is 9.86. The fraction of sp³-hybridized carbons (Fsp3) is 0.108. The number of nitrogens with zero attached hydrogens (tertiary/aromatic N) is 4. The summed E-state index contributed by atoms with van der Waals surface area (Å²) in [7, 11) is -3.12. The summed E-state index contributed by atoms with van der Waals surface area (Å²) in [4.78, 5) is 8.43. The number of anilines is 6. The predicted octanol–water partition coefficient (Wildman–Crippen LogP) is 16.8. The minimum absolute atomic E-state index is 0.618. The van der Waals surface area contributed by atoms with Crippen LogP contribution in [0.25, 0.3) is 48.6 Å². The maximum atomic E-state index is 9.86. The predicted molar refractivity (Wildman–Crippen MR) is 304 cm³/mol. The smallest absolute Gasteiger partial charge is 0.187 e. The first-order chi connectivity index (χ1) is 34.4. The molecule has 0 amide bonds. The van der Waals surface area contributed by atoms with E-state index in [0.717, 1.165) is 34.1 Å². The van der Waals surface area contributed by atoms with Crippen LogP contribution >= 0.6 is 0 Å². The lowest BCUT2D eigenvalue weighted by atomic mass is 9.69. The van der Waals surface area contributed by atoms with E-state index < -0.39 is 21.6 Å². The molecule has 0 aromatic heterocycles. The molecule has 2 aliphatic rings. The highest BCUT2D eigenvalue weighted by atomic mass is 28.3. The fourth-order valence-electron chi connectivity index (χ4n) is 11.6. The Hall–Kier alpha value is -8.27. The van der Waals surface area contributed by atoms with Crippen molar-refractivity contribution in [2.45, 2.75) is 44.7 Å². The van der Waals surface area contributed by atoms with E-state index in [-0.39, 0.29) is 0 Å². The lowest BCUT2D eigenvalue weighted by Gasteiger charge is -2.33. The van der Waals surface area contributed by atoms with Gasteiger partial charge in [-0.3, -0.25) is 0 Å². The highest BCUT2D eigenvalue weighted by Gasteiger charge is 2.53. The molecule has 0 N–H and O–H groups in total. The van der Waals surface area contributed by atoms with E-state index in [0.29, 0.717) is 11.3 Å². The first-order valence-electron chi connectivity index (χ1n) is 24.5. The van der Waals surface area contributed by atoms with Crippen LogP contribution in [0.4, 0.5) is 39.8 Å². The number of nitriles is 1. The van der Waals surface area contributed by atoms with Gasteiger partial charge in [-0.15, -0.1) is 0 Å². The van der Waals surface area contributed by atoms with Crippen LogP contribution in [0.15, 0.2) is 206 Å². The van der Waals surface area contributed by atoms with Gasteiger partial charge in [-0.1, -0.05) is 171 Å². The van der Waals surface area contributed by atoms with Crippen molar-refractivity contribution < 1.29 is 0 Å². The third-order valence-electron chi connectivity index (χ3n) is 15.0. The number of benzene rings is 10. The van der Waals surface area contributed by atoms with Gasteiger partial charge in [0.05, 0.1) is 39.8 Å². The topological polar surface area (TPSA) is 34.6 Å². The summed E-state index contributed by atoms with van der Waals surface area (Å²) in [6.07, 6.45) is 0. The molecule has 0 fully saturated rings. The Bertz CT molecular complexity index is 3800.